The molecule has 124 valence electrons. The molecule has 6 heteroatoms. The Morgan fingerprint density at radius 2 is 1.92 bits per heavy atom. The quantitative estimate of drug-likeness (QED) is 0.906. The van der Waals surface area contributed by atoms with E-state index in [1.807, 2.05) is 24.3 Å². The van der Waals surface area contributed by atoms with Gasteiger partial charge in [-0.25, -0.2) is 0 Å². The van der Waals surface area contributed by atoms with Gasteiger partial charge in [0.05, 0.1) is 5.92 Å². The Balaban J connectivity index is 1.65. The third-order valence-corrected chi connectivity index (χ3v) is 4.40. The summed E-state index contributed by atoms with van der Waals surface area (Å²) in [6.45, 7) is 0.694. The third-order valence-electron chi connectivity index (χ3n) is 4.03. The Morgan fingerprint density at radius 3 is 2.54 bits per heavy atom. The Bertz CT molecular complexity index is 761. The molecule has 2 aromatic rings. The normalized spacial score (nSPS) is 17.1. The van der Waals surface area contributed by atoms with Crippen molar-refractivity contribution in [1.29, 1.82) is 0 Å². The zero-order chi connectivity index (χ0) is 17.1. The number of halogens is 1. The zero-order valence-electron chi connectivity index (χ0n) is 12.9. The second-order valence-electron chi connectivity index (χ2n) is 5.68. The second-order valence-corrected chi connectivity index (χ2v) is 6.09. The third kappa shape index (κ3) is 3.51. The predicted octanol–water partition coefficient (Wildman–Crippen LogP) is 2.76. The first-order valence-corrected chi connectivity index (χ1v) is 7.98. The number of hydrogen-bond acceptors (Lipinski definition) is 3. The highest BCUT2D eigenvalue weighted by Gasteiger charge is 2.33. The lowest BCUT2D eigenvalue weighted by Gasteiger charge is -2.17. The largest absolute Gasteiger partial charge is 0.489 e. The second kappa shape index (κ2) is 6.93. The fourth-order valence-corrected chi connectivity index (χ4v) is 2.84. The molecule has 2 N–H and O–H groups in total. The summed E-state index contributed by atoms with van der Waals surface area (Å²) in [5.74, 6) is -0.278. The van der Waals surface area contributed by atoms with E-state index in [4.69, 9.17) is 22.1 Å². The highest BCUT2D eigenvalue weighted by Crippen LogP contribution is 2.27. The van der Waals surface area contributed by atoms with E-state index in [9.17, 15) is 9.59 Å². The van der Waals surface area contributed by atoms with Gasteiger partial charge in [-0.3, -0.25) is 9.59 Å². The van der Waals surface area contributed by atoms with Crippen LogP contribution in [0.25, 0.3) is 0 Å². The van der Waals surface area contributed by atoms with Gasteiger partial charge in [0.25, 0.3) is 0 Å². The van der Waals surface area contributed by atoms with Crippen molar-refractivity contribution < 1.29 is 14.3 Å². The lowest BCUT2D eigenvalue weighted by molar-refractivity contribution is -0.123. The maximum atomic E-state index is 12.0. The molecule has 0 saturated carbocycles. The van der Waals surface area contributed by atoms with E-state index in [-0.39, 0.29) is 12.3 Å². The van der Waals surface area contributed by atoms with Crippen LogP contribution >= 0.6 is 11.6 Å². The van der Waals surface area contributed by atoms with E-state index in [0.29, 0.717) is 23.9 Å². The Hall–Kier alpha value is -2.53. The van der Waals surface area contributed by atoms with Gasteiger partial charge in [-0.1, -0.05) is 29.8 Å². The molecule has 0 spiro atoms. The lowest BCUT2D eigenvalue weighted by atomic mass is 10.1. The minimum absolute atomic E-state index is 0.0939. The first kappa shape index (κ1) is 16.3. The number of ether oxygens (including phenoxy) is 1. The molecule has 1 saturated heterocycles. The first-order valence-electron chi connectivity index (χ1n) is 7.60. The first-order chi connectivity index (χ1) is 11.5. The Labute approximate surface area is 145 Å². The SMILES string of the molecule is NC(=O)[C@@H]1CC(=O)N(c2ccc(OCc3ccccc3Cl)cc2)C1. The van der Waals surface area contributed by atoms with Gasteiger partial charge < -0.3 is 15.4 Å². The average Bonchev–Trinajstić information content (AvgIpc) is 2.97. The van der Waals surface area contributed by atoms with Crippen LogP contribution in [-0.4, -0.2) is 18.4 Å². The molecule has 1 fully saturated rings. The van der Waals surface area contributed by atoms with Crippen LogP contribution < -0.4 is 15.4 Å². The van der Waals surface area contributed by atoms with Crippen LogP contribution in [0.4, 0.5) is 5.69 Å². The van der Waals surface area contributed by atoms with Crippen LogP contribution in [0.1, 0.15) is 12.0 Å². The fourth-order valence-electron chi connectivity index (χ4n) is 2.65. The van der Waals surface area contributed by atoms with Crippen LogP contribution in [-0.2, 0) is 16.2 Å². The van der Waals surface area contributed by atoms with Gasteiger partial charge in [0.2, 0.25) is 11.8 Å². The van der Waals surface area contributed by atoms with Gasteiger partial charge >= 0.3 is 0 Å². The molecule has 5 nitrogen and oxygen atoms in total. The van der Waals surface area contributed by atoms with E-state index >= 15 is 0 Å². The molecule has 1 aliphatic heterocycles. The average molecular weight is 345 g/mol. The number of nitrogens with zero attached hydrogens (tertiary/aromatic N) is 1. The molecule has 2 aromatic carbocycles. The van der Waals surface area contributed by atoms with E-state index in [1.165, 1.54) is 0 Å². The van der Waals surface area contributed by atoms with Gasteiger partial charge in [-0.2, -0.15) is 0 Å². The van der Waals surface area contributed by atoms with E-state index in [0.717, 1.165) is 11.3 Å². The molecule has 1 aliphatic rings. The Kier molecular flexibility index (Phi) is 4.71. The molecule has 0 aromatic heterocycles. The maximum absolute atomic E-state index is 12.0. The van der Waals surface area contributed by atoms with Crippen molar-refractivity contribution in [2.24, 2.45) is 11.7 Å². The van der Waals surface area contributed by atoms with Crippen molar-refractivity contribution in [3.8, 4) is 5.75 Å². The van der Waals surface area contributed by atoms with Crippen molar-refractivity contribution in [1.82, 2.24) is 0 Å². The molecule has 0 aliphatic carbocycles. The number of carbonyl (C=O) groups excluding carboxylic acids is 2. The highest BCUT2D eigenvalue weighted by atomic mass is 35.5. The number of anilines is 1. The van der Waals surface area contributed by atoms with E-state index in [1.54, 1.807) is 29.2 Å². The van der Waals surface area contributed by atoms with E-state index in [2.05, 4.69) is 0 Å². The van der Waals surface area contributed by atoms with Crippen molar-refractivity contribution in [2.75, 3.05) is 11.4 Å². The van der Waals surface area contributed by atoms with Crippen LogP contribution in [0.2, 0.25) is 5.02 Å². The summed E-state index contributed by atoms with van der Waals surface area (Å²) in [4.78, 5) is 24.8. The molecular formula is C18H17ClN2O3. The lowest BCUT2D eigenvalue weighted by Crippen LogP contribution is -2.28. The predicted molar refractivity (Wildman–Crippen MR) is 91.9 cm³/mol. The molecule has 0 unspecified atom stereocenters. The zero-order valence-corrected chi connectivity index (χ0v) is 13.7. The van der Waals surface area contributed by atoms with Crippen molar-refractivity contribution >= 4 is 29.1 Å². The summed E-state index contributed by atoms with van der Waals surface area (Å²) in [7, 11) is 0. The van der Waals surface area contributed by atoms with Crippen LogP contribution in [0.3, 0.4) is 0 Å². The number of primary amides is 1. The fraction of sp³-hybridized carbons (Fsp3) is 0.222. The summed E-state index contributed by atoms with van der Waals surface area (Å²) >= 11 is 6.10. The van der Waals surface area contributed by atoms with Crippen molar-refractivity contribution in [3.05, 3.63) is 59.1 Å². The molecular weight excluding hydrogens is 328 g/mol. The van der Waals surface area contributed by atoms with Gasteiger partial charge in [-0.15, -0.1) is 0 Å². The molecule has 24 heavy (non-hydrogen) atoms. The van der Waals surface area contributed by atoms with Crippen LogP contribution in [0, 0.1) is 5.92 Å². The molecule has 1 heterocycles. The molecule has 1 atom stereocenters. The number of carbonyl (C=O) groups is 2. The smallest absolute Gasteiger partial charge is 0.227 e. The van der Waals surface area contributed by atoms with Crippen LogP contribution in [0.15, 0.2) is 48.5 Å². The number of nitrogens with two attached hydrogens (primary N) is 1. The number of rotatable bonds is 5. The van der Waals surface area contributed by atoms with Crippen LogP contribution in [0.5, 0.6) is 5.75 Å². The standard InChI is InChI=1S/C18H17ClN2O3/c19-16-4-2-1-3-12(16)11-24-15-7-5-14(6-8-15)21-10-13(18(20)23)9-17(21)22/h1-8,13H,9-11H2,(H2,20,23)/t13-/m1/s1. The Morgan fingerprint density at radius 1 is 1.21 bits per heavy atom. The summed E-state index contributed by atoms with van der Waals surface area (Å²) in [6, 6.07) is 14.7. The van der Waals surface area contributed by atoms with Gasteiger partial charge in [0, 0.05) is 29.2 Å². The number of hydrogen-bond donors (Lipinski definition) is 1. The molecule has 3 rings (SSSR count). The molecule has 0 radical (unpaired) electrons. The van der Waals surface area contributed by atoms with Crippen molar-refractivity contribution in [2.45, 2.75) is 13.0 Å². The highest BCUT2D eigenvalue weighted by molar-refractivity contribution is 6.31. The monoisotopic (exact) mass is 344 g/mol. The topological polar surface area (TPSA) is 72.6 Å². The number of benzene rings is 2. The van der Waals surface area contributed by atoms with Gasteiger partial charge in [-0.05, 0) is 30.3 Å². The number of amides is 2. The summed E-state index contributed by atoms with van der Waals surface area (Å²) < 4.78 is 5.71. The van der Waals surface area contributed by atoms with E-state index < -0.39 is 11.8 Å². The maximum Gasteiger partial charge on any atom is 0.227 e. The molecule has 2 amide bonds. The summed E-state index contributed by atoms with van der Waals surface area (Å²) in [5.41, 5.74) is 6.92. The minimum Gasteiger partial charge on any atom is -0.489 e. The van der Waals surface area contributed by atoms with Crippen molar-refractivity contribution in [3.63, 3.8) is 0 Å². The summed E-state index contributed by atoms with van der Waals surface area (Å²) in [5, 5.41) is 0.661. The summed E-state index contributed by atoms with van der Waals surface area (Å²) in [6.07, 6.45) is 0.167. The van der Waals surface area contributed by atoms with Gasteiger partial charge in [0.1, 0.15) is 12.4 Å². The van der Waals surface area contributed by atoms with Gasteiger partial charge in [0.15, 0.2) is 0 Å². The minimum atomic E-state index is -0.439. The molecule has 0 bridgehead atoms.